The molecule has 0 saturated heterocycles. The smallest absolute Gasteiger partial charge is 0.223 e. The summed E-state index contributed by atoms with van der Waals surface area (Å²) in [6.45, 7) is 4.60. The molecule has 2 unspecified atom stereocenters. The number of hydrogen-bond donors (Lipinski definition) is 3. The average molecular weight is 235 g/mol. The van der Waals surface area contributed by atoms with Gasteiger partial charge in [-0.1, -0.05) is 13.8 Å². The topological polar surface area (TPSA) is 89.8 Å². The maximum absolute atomic E-state index is 5.65. The van der Waals surface area contributed by atoms with Crippen LogP contribution in [0.15, 0.2) is 6.07 Å². The lowest BCUT2D eigenvalue weighted by molar-refractivity contribution is 0.280. The first-order valence-electron chi connectivity index (χ1n) is 6.19. The zero-order valence-corrected chi connectivity index (χ0v) is 10.5. The zero-order valence-electron chi connectivity index (χ0n) is 10.5. The molecule has 0 bridgehead atoms. The van der Waals surface area contributed by atoms with Gasteiger partial charge in [0.15, 0.2) is 0 Å². The molecule has 1 aliphatic carbocycles. The van der Waals surface area contributed by atoms with Crippen LogP contribution in [0.4, 0.5) is 17.6 Å². The molecule has 5 N–H and O–H groups in total. The van der Waals surface area contributed by atoms with Crippen molar-refractivity contribution in [2.75, 3.05) is 16.8 Å². The molecular formula is C12H21N5. The van der Waals surface area contributed by atoms with Crippen molar-refractivity contribution in [3.05, 3.63) is 6.07 Å². The molecule has 1 heterocycles. The summed E-state index contributed by atoms with van der Waals surface area (Å²) in [5.74, 6) is 2.89. The van der Waals surface area contributed by atoms with Gasteiger partial charge in [-0.25, -0.2) is 0 Å². The Balaban J connectivity index is 2.04. The largest absolute Gasteiger partial charge is 0.383 e. The van der Waals surface area contributed by atoms with Crippen molar-refractivity contribution in [1.29, 1.82) is 0 Å². The molecule has 17 heavy (non-hydrogen) atoms. The first-order valence-corrected chi connectivity index (χ1v) is 6.19. The van der Waals surface area contributed by atoms with Crippen LogP contribution in [0.2, 0.25) is 0 Å². The summed E-state index contributed by atoms with van der Waals surface area (Å²) in [5, 5.41) is 3.41. The summed E-state index contributed by atoms with van der Waals surface area (Å²) in [5.41, 5.74) is 11.2. The maximum Gasteiger partial charge on any atom is 0.223 e. The van der Waals surface area contributed by atoms with E-state index in [9.17, 15) is 0 Å². The number of nitrogen functional groups attached to an aromatic ring is 2. The summed E-state index contributed by atoms with van der Waals surface area (Å²) in [4.78, 5) is 8.02. The number of nitrogens with zero attached hydrogens (tertiary/aromatic N) is 2. The number of anilines is 3. The van der Waals surface area contributed by atoms with E-state index in [1.165, 1.54) is 19.3 Å². The predicted molar refractivity (Wildman–Crippen MR) is 70.4 cm³/mol. The van der Waals surface area contributed by atoms with Gasteiger partial charge in [0.05, 0.1) is 0 Å². The SMILES string of the molecule is CC1CC(C)CC(Nc2cc(N)nc(N)n2)C1. The lowest BCUT2D eigenvalue weighted by atomic mass is 9.80. The molecule has 5 heteroatoms. The van der Waals surface area contributed by atoms with Crippen LogP contribution < -0.4 is 16.8 Å². The Morgan fingerprint density at radius 1 is 1.12 bits per heavy atom. The average Bonchev–Trinajstić information content (AvgIpc) is 2.13. The Morgan fingerprint density at radius 3 is 2.35 bits per heavy atom. The minimum atomic E-state index is 0.226. The fraction of sp³-hybridized carbons (Fsp3) is 0.667. The van der Waals surface area contributed by atoms with Crippen molar-refractivity contribution in [1.82, 2.24) is 9.97 Å². The molecule has 2 rings (SSSR count). The predicted octanol–water partition coefficient (Wildman–Crippen LogP) is 1.88. The van der Waals surface area contributed by atoms with Crippen LogP contribution in [0.5, 0.6) is 0 Å². The van der Waals surface area contributed by atoms with E-state index in [2.05, 4.69) is 29.1 Å². The highest BCUT2D eigenvalue weighted by Gasteiger charge is 2.24. The maximum atomic E-state index is 5.65. The van der Waals surface area contributed by atoms with Gasteiger partial charge in [-0.15, -0.1) is 0 Å². The molecule has 1 aromatic rings. The zero-order chi connectivity index (χ0) is 12.4. The van der Waals surface area contributed by atoms with Crippen molar-refractivity contribution in [2.45, 2.75) is 39.2 Å². The molecule has 1 aliphatic rings. The van der Waals surface area contributed by atoms with E-state index in [4.69, 9.17) is 11.5 Å². The first kappa shape index (κ1) is 12.0. The van der Waals surface area contributed by atoms with Crippen LogP contribution in [0, 0.1) is 11.8 Å². The van der Waals surface area contributed by atoms with Gasteiger partial charge in [0, 0.05) is 12.1 Å². The molecule has 0 radical (unpaired) electrons. The second-order valence-electron chi connectivity index (χ2n) is 5.29. The third-order valence-corrected chi connectivity index (χ3v) is 3.29. The van der Waals surface area contributed by atoms with Gasteiger partial charge in [0.25, 0.3) is 0 Å². The highest BCUT2D eigenvalue weighted by molar-refractivity contribution is 5.48. The van der Waals surface area contributed by atoms with E-state index in [0.717, 1.165) is 17.7 Å². The van der Waals surface area contributed by atoms with Crippen LogP contribution in [-0.4, -0.2) is 16.0 Å². The Labute approximate surface area is 102 Å². The van der Waals surface area contributed by atoms with Crippen LogP contribution in [0.3, 0.4) is 0 Å². The second kappa shape index (κ2) is 4.77. The highest BCUT2D eigenvalue weighted by Crippen LogP contribution is 2.30. The first-order chi connectivity index (χ1) is 8.02. The molecule has 5 nitrogen and oxygen atoms in total. The van der Waals surface area contributed by atoms with E-state index in [-0.39, 0.29) is 5.95 Å². The Morgan fingerprint density at radius 2 is 1.76 bits per heavy atom. The summed E-state index contributed by atoms with van der Waals surface area (Å²) in [6, 6.07) is 2.20. The van der Waals surface area contributed by atoms with Gasteiger partial charge in [0.1, 0.15) is 11.6 Å². The third-order valence-electron chi connectivity index (χ3n) is 3.29. The van der Waals surface area contributed by atoms with Crippen molar-refractivity contribution < 1.29 is 0 Å². The molecule has 1 fully saturated rings. The molecule has 2 atom stereocenters. The van der Waals surface area contributed by atoms with Gasteiger partial charge in [-0.2, -0.15) is 9.97 Å². The Kier molecular flexibility index (Phi) is 3.36. The molecule has 0 aliphatic heterocycles. The summed E-state index contributed by atoms with van der Waals surface area (Å²) in [7, 11) is 0. The lowest BCUT2D eigenvalue weighted by Crippen LogP contribution is -2.30. The number of rotatable bonds is 2. The van der Waals surface area contributed by atoms with Crippen LogP contribution in [-0.2, 0) is 0 Å². The number of hydrogen-bond acceptors (Lipinski definition) is 5. The highest BCUT2D eigenvalue weighted by atomic mass is 15.1. The molecule has 1 saturated carbocycles. The van der Waals surface area contributed by atoms with Crippen molar-refractivity contribution in [3.63, 3.8) is 0 Å². The minimum absolute atomic E-state index is 0.226. The summed E-state index contributed by atoms with van der Waals surface area (Å²) in [6.07, 6.45) is 3.66. The van der Waals surface area contributed by atoms with Crippen molar-refractivity contribution in [2.24, 2.45) is 11.8 Å². The molecule has 1 aromatic heterocycles. The van der Waals surface area contributed by atoms with Crippen molar-refractivity contribution in [3.8, 4) is 0 Å². The van der Waals surface area contributed by atoms with E-state index in [0.29, 0.717) is 11.9 Å². The Hall–Kier alpha value is -1.52. The third kappa shape index (κ3) is 3.22. The number of aromatic nitrogens is 2. The summed E-state index contributed by atoms with van der Waals surface area (Å²) < 4.78 is 0. The van der Waals surface area contributed by atoms with E-state index in [1.54, 1.807) is 6.07 Å². The fourth-order valence-corrected chi connectivity index (χ4v) is 2.83. The normalized spacial score (nSPS) is 28.9. The van der Waals surface area contributed by atoms with E-state index >= 15 is 0 Å². The fourth-order valence-electron chi connectivity index (χ4n) is 2.83. The standard InChI is InChI=1S/C12H21N5/c1-7-3-8(2)5-9(4-7)15-11-6-10(13)16-12(14)17-11/h6-9H,3-5H2,1-2H3,(H5,13,14,15,16,17). The quantitative estimate of drug-likeness (QED) is 0.728. The van der Waals surface area contributed by atoms with E-state index in [1.807, 2.05) is 0 Å². The number of nitrogens with one attached hydrogen (secondary N) is 1. The van der Waals surface area contributed by atoms with Crippen molar-refractivity contribution >= 4 is 17.6 Å². The lowest BCUT2D eigenvalue weighted by Gasteiger charge is -2.32. The molecule has 0 aromatic carbocycles. The van der Waals surface area contributed by atoms with Crippen LogP contribution in [0.25, 0.3) is 0 Å². The Bertz CT molecular complexity index is 362. The van der Waals surface area contributed by atoms with Crippen LogP contribution >= 0.6 is 0 Å². The molecule has 0 amide bonds. The molecular weight excluding hydrogens is 214 g/mol. The monoisotopic (exact) mass is 235 g/mol. The molecule has 94 valence electrons. The van der Waals surface area contributed by atoms with Gasteiger partial charge >= 0.3 is 0 Å². The molecule has 0 spiro atoms. The van der Waals surface area contributed by atoms with Gasteiger partial charge in [-0.05, 0) is 31.1 Å². The second-order valence-corrected chi connectivity index (χ2v) is 5.29. The van der Waals surface area contributed by atoms with Gasteiger partial charge < -0.3 is 16.8 Å². The summed E-state index contributed by atoms with van der Waals surface area (Å²) >= 11 is 0. The van der Waals surface area contributed by atoms with E-state index < -0.39 is 0 Å². The van der Waals surface area contributed by atoms with Gasteiger partial charge in [-0.3, -0.25) is 0 Å². The minimum Gasteiger partial charge on any atom is -0.383 e. The van der Waals surface area contributed by atoms with Gasteiger partial charge in [0.2, 0.25) is 5.95 Å². The van der Waals surface area contributed by atoms with Crippen LogP contribution in [0.1, 0.15) is 33.1 Å². The number of nitrogens with two attached hydrogens (primary N) is 2.